The van der Waals surface area contributed by atoms with Gasteiger partial charge in [-0.2, -0.15) is 11.8 Å². The van der Waals surface area contributed by atoms with E-state index in [4.69, 9.17) is 0 Å². The van der Waals surface area contributed by atoms with E-state index in [0.717, 1.165) is 6.54 Å². The molecule has 1 aromatic carbocycles. The van der Waals surface area contributed by atoms with Crippen molar-refractivity contribution in [3.63, 3.8) is 0 Å². The molecule has 0 aliphatic carbocycles. The summed E-state index contributed by atoms with van der Waals surface area (Å²) >= 11 is 2.03. The molecular formula is C17H28N2S. The smallest absolute Gasteiger partial charge is 0.0411 e. The zero-order chi connectivity index (χ0) is 14.2. The summed E-state index contributed by atoms with van der Waals surface area (Å²) in [5.74, 6) is 2.49. The number of thioether (sulfide) groups is 1. The van der Waals surface area contributed by atoms with Crippen LogP contribution in [0.3, 0.4) is 0 Å². The average Bonchev–Trinajstić information content (AvgIpc) is 3.00. The summed E-state index contributed by atoms with van der Waals surface area (Å²) in [7, 11) is 0. The SMILES string of the molecule is CCSCCC(C)NCc1ccccc1N1CCCC1. The lowest BCUT2D eigenvalue weighted by atomic mass is 10.1. The Balaban J connectivity index is 1.85. The Morgan fingerprint density at radius 1 is 1.25 bits per heavy atom. The lowest BCUT2D eigenvalue weighted by Crippen LogP contribution is -2.27. The van der Waals surface area contributed by atoms with E-state index in [1.165, 1.54) is 55.1 Å². The molecule has 2 rings (SSSR count). The van der Waals surface area contributed by atoms with Gasteiger partial charge in [-0.25, -0.2) is 0 Å². The van der Waals surface area contributed by atoms with Crippen LogP contribution in [0.2, 0.25) is 0 Å². The van der Waals surface area contributed by atoms with Crippen molar-refractivity contribution in [2.45, 2.75) is 45.7 Å². The molecule has 0 aromatic heterocycles. The van der Waals surface area contributed by atoms with Crippen LogP contribution < -0.4 is 10.2 Å². The molecule has 3 heteroatoms. The van der Waals surface area contributed by atoms with Crippen LogP contribution >= 0.6 is 11.8 Å². The van der Waals surface area contributed by atoms with E-state index >= 15 is 0 Å². The molecule has 1 aromatic rings. The van der Waals surface area contributed by atoms with Gasteiger partial charge >= 0.3 is 0 Å². The molecule has 1 atom stereocenters. The molecule has 1 N–H and O–H groups in total. The highest BCUT2D eigenvalue weighted by Gasteiger charge is 2.15. The van der Waals surface area contributed by atoms with Crippen molar-refractivity contribution >= 4 is 17.4 Å². The molecule has 0 bridgehead atoms. The Labute approximate surface area is 128 Å². The Morgan fingerprint density at radius 3 is 2.75 bits per heavy atom. The second-order valence-electron chi connectivity index (χ2n) is 5.59. The van der Waals surface area contributed by atoms with Gasteiger partial charge in [-0.15, -0.1) is 0 Å². The lowest BCUT2D eigenvalue weighted by Gasteiger charge is -2.22. The van der Waals surface area contributed by atoms with Gasteiger partial charge in [-0.3, -0.25) is 0 Å². The number of hydrogen-bond acceptors (Lipinski definition) is 3. The van der Waals surface area contributed by atoms with Crippen LogP contribution in [-0.4, -0.2) is 30.6 Å². The Kier molecular flexibility index (Phi) is 6.74. The van der Waals surface area contributed by atoms with Crippen molar-refractivity contribution in [3.8, 4) is 0 Å². The third-order valence-corrected chi connectivity index (χ3v) is 4.91. The molecule has 1 aliphatic rings. The minimum Gasteiger partial charge on any atom is -0.371 e. The van der Waals surface area contributed by atoms with Gasteiger partial charge < -0.3 is 10.2 Å². The highest BCUT2D eigenvalue weighted by Crippen LogP contribution is 2.24. The van der Waals surface area contributed by atoms with E-state index in [9.17, 15) is 0 Å². The van der Waals surface area contributed by atoms with Crippen molar-refractivity contribution in [2.24, 2.45) is 0 Å². The fourth-order valence-electron chi connectivity index (χ4n) is 2.72. The Hall–Kier alpha value is -0.670. The second kappa shape index (κ2) is 8.58. The maximum Gasteiger partial charge on any atom is 0.0411 e. The molecule has 1 aliphatic heterocycles. The van der Waals surface area contributed by atoms with Crippen molar-refractivity contribution in [1.82, 2.24) is 5.32 Å². The van der Waals surface area contributed by atoms with Crippen LogP contribution in [0, 0.1) is 0 Å². The van der Waals surface area contributed by atoms with Crippen LogP contribution in [0.15, 0.2) is 24.3 Å². The van der Waals surface area contributed by atoms with Gasteiger partial charge in [-0.05, 0) is 49.3 Å². The van der Waals surface area contributed by atoms with Crippen molar-refractivity contribution in [1.29, 1.82) is 0 Å². The summed E-state index contributed by atoms with van der Waals surface area (Å²) in [5.41, 5.74) is 2.89. The van der Waals surface area contributed by atoms with Gasteiger partial charge in [0.1, 0.15) is 0 Å². The first-order valence-electron chi connectivity index (χ1n) is 7.95. The molecule has 20 heavy (non-hydrogen) atoms. The molecule has 0 spiro atoms. The maximum atomic E-state index is 3.68. The minimum atomic E-state index is 0.598. The molecule has 0 radical (unpaired) electrons. The summed E-state index contributed by atoms with van der Waals surface area (Å²) < 4.78 is 0. The largest absolute Gasteiger partial charge is 0.371 e. The van der Waals surface area contributed by atoms with E-state index in [0.29, 0.717) is 6.04 Å². The maximum absolute atomic E-state index is 3.68. The predicted molar refractivity (Wildman–Crippen MR) is 91.8 cm³/mol. The van der Waals surface area contributed by atoms with Gasteiger partial charge in [0.2, 0.25) is 0 Å². The van der Waals surface area contributed by atoms with Gasteiger partial charge in [-0.1, -0.05) is 25.1 Å². The summed E-state index contributed by atoms with van der Waals surface area (Å²) in [6.07, 6.45) is 3.93. The fraction of sp³-hybridized carbons (Fsp3) is 0.647. The number of rotatable bonds is 8. The van der Waals surface area contributed by atoms with E-state index in [-0.39, 0.29) is 0 Å². The summed E-state index contributed by atoms with van der Waals surface area (Å²) in [6, 6.07) is 9.47. The number of benzene rings is 1. The van der Waals surface area contributed by atoms with Gasteiger partial charge in [0.25, 0.3) is 0 Å². The van der Waals surface area contributed by atoms with Crippen LogP contribution in [0.5, 0.6) is 0 Å². The number of nitrogens with one attached hydrogen (secondary N) is 1. The molecule has 0 saturated carbocycles. The minimum absolute atomic E-state index is 0.598. The van der Waals surface area contributed by atoms with Crippen LogP contribution in [0.4, 0.5) is 5.69 Å². The summed E-state index contributed by atoms with van der Waals surface area (Å²) in [4.78, 5) is 2.54. The number of nitrogens with zero attached hydrogens (tertiary/aromatic N) is 1. The molecule has 2 nitrogen and oxygen atoms in total. The van der Waals surface area contributed by atoms with Gasteiger partial charge in [0.15, 0.2) is 0 Å². The number of anilines is 1. The normalized spacial score (nSPS) is 16.6. The Bertz CT molecular complexity index is 388. The lowest BCUT2D eigenvalue weighted by molar-refractivity contribution is 0.537. The van der Waals surface area contributed by atoms with E-state index in [1.54, 1.807) is 0 Å². The summed E-state index contributed by atoms with van der Waals surface area (Å²) in [6.45, 7) is 7.97. The first kappa shape index (κ1) is 15.7. The monoisotopic (exact) mass is 292 g/mol. The van der Waals surface area contributed by atoms with Crippen LogP contribution in [0.25, 0.3) is 0 Å². The molecule has 1 unspecified atom stereocenters. The zero-order valence-corrected chi connectivity index (χ0v) is 13.7. The van der Waals surface area contributed by atoms with Crippen LogP contribution in [0.1, 0.15) is 38.7 Å². The molecule has 1 saturated heterocycles. The number of hydrogen-bond donors (Lipinski definition) is 1. The highest BCUT2D eigenvalue weighted by molar-refractivity contribution is 7.99. The number of para-hydroxylation sites is 1. The topological polar surface area (TPSA) is 15.3 Å². The molecule has 112 valence electrons. The highest BCUT2D eigenvalue weighted by atomic mass is 32.2. The third-order valence-electron chi connectivity index (χ3n) is 3.98. The molecule has 1 heterocycles. The van der Waals surface area contributed by atoms with Crippen molar-refractivity contribution in [3.05, 3.63) is 29.8 Å². The first-order chi connectivity index (χ1) is 9.81. The standard InChI is InChI=1S/C17H28N2S/c1-3-20-13-10-15(2)18-14-16-8-4-5-9-17(16)19-11-6-7-12-19/h4-5,8-9,15,18H,3,6-7,10-14H2,1-2H3. The molecule has 0 amide bonds. The fourth-order valence-corrected chi connectivity index (χ4v) is 3.53. The quantitative estimate of drug-likeness (QED) is 0.731. The van der Waals surface area contributed by atoms with Crippen molar-refractivity contribution in [2.75, 3.05) is 29.5 Å². The van der Waals surface area contributed by atoms with Crippen LogP contribution in [-0.2, 0) is 6.54 Å². The predicted octanol–water partition coefficient (Wildman–Crippen LogP) is 3.91. The van der Waals surface area contributed by atoms with Gasteiger partial charge in [0, 0.05) is 31.4 Å². The Morgan fingerprint density at radius 2 is 2.00 bits per heavy atom. The first-order valence-corrected chi connectivity index (χ1v) is 9.10. The average molecular weight is 292 g/mol. The zero-order valence-electron chi connectivity index (χ0n) is 12.9. The van der Waals surface area contributed by atoms with Crippen molar-refractivity contribution < 1.29 is 0 Å². The summed E-state index contributed by atoms with van der Waals surface area (Å²) in [5, 5.41) is 3.68. The van der Waals surface area contributed by atoms with E-state index in [1.807, 2.05) is 11.8 Å². The van der Waals surface area contributed by atoms with E-state index < -0.39 is 0 Å². The molecular weight excluding hydrogens is 264 g/mol. The van der Waals surface area contributed by atoms with Gasteiger partial charge in [0.05, 0.1) is 0 Å². The van der Waals surface area contributed by atoms with E-state index in [2.05, 4.69) is 48.3 Å². The third kappa shape index (κ3) is 4.71. The molecule has 1 fully saturated rings. The second-order valence-corrected chi connectivity index (χ2v) is 6.98.